The fraction of sp³-hybridized carbons (Fsp3) is 0.148. The predicted molar refractivity (Wildman–Crippen MR) is 132 cm³/mol. The first-order valence-corrected chi connectivity index (χ1v) is 10.4. The number of halogens is 1. The number of ketones is 1. The maximum absolute atomic E-state index is 13.9. The van der Waals surface area contributed by atoms with Crippen LogP contribution in [0.2, 0.25) is 0 Å². The second-order valence-electron chi connectivity index (χ2n) is 7.07. The van der Waals surface area contributed by atoms with Crippen LogP contribution in [0.4, 0.5) is 10.1 Å². The van der Waals surface area contributed by atoms with Gasteiger partial charge in [-0.1, -0.05) is 30.4 Å². The molecule has 0 aliphatic heterocycles. The summed E-state index contributed by atoms with van der Waals surface area (Å²) in [5, 5.41) is 3.11. The van der Waals surface area contributed by atoms with Crippen LogP contribution in [0, 0.1) is 5.82 Å². The Bertz CT molecular complexity index is 1190. The third kappa shape index (κ3) is 5.75. The van der Waals surface area contributed by atoms with Crippen molar-refractivity contribution in [2.45, 2.75) is 0 Å². The first kappa shape index (κ1) is 24.4. The van der Waals surface area contributed by atoms with Gasteiger partial charge in [0.2, 0.25) is 5.75 Å². The van der Waals surface area contributed by atoms with Gasteiger partial charge in [0.05, 0.1) is 28.4 Å². The molecule has 0 atom stereocenters. The second kappa shape index (κ2) is 11.6. The second-order valence-corrected chi connectivity index (χ2v) is 7.07. The number of methoxy groups -OCH3 is 4. The van der Waals surface area contributed by atoms with Gasteiger partial charge in [-0.15, -0.1) is 0 Å². The minimum absolute atomic E-state index is 0.0893. The van der Waals surface area contributed by atoms with Crippen molar-refractivity contribution < 1.29 is 28.1 Å². The largest absolute Gasteiger partial charge is 0.494 e. The van der Waals surface area contributed by atoms with Crippen LogP contribution in [-0.4, -0.2) is 34.2 Å². The number of benzene rings is 3. The number of ether oxygens (including phenoxy) is 4. The Balaban J connectivity index is 1.77. The third-order valence-corrected chi connectivity index (χ3v) is 5.01. The van der Waals surface area contributed by atoms with E-state index in [1.807, 2.05) is 48.6 Å². The summed E-state index contributed by atoms with van der Waals surface area (Å²) in [4.78, 5) is 12.4. The molecule has 3 aromatic rings. The first-order chi connectivity index (χ1) is 16.5. The number of para-hydroxylation sites is 1. The summed E-state index contributed by atoms with van der Waals surface area (Å²) in [6.45, 7) is 0. The van der Waals surface area contributed by atoms with Crippen LogP contribution in [0.15, 0.2) is 66.9 Å². The van der Waals surface area contributed by atoms with Crippen LogP contribution >= 0.6 is 0 Å². The summed E-state index contributed by atoms with van der Waals surface area (Å²) in [5.41, 5.74) is 2.77. The van der Waals surface area contributed by atoms with Gasteiger partial charge in [-0.05, 0) is 47.5 Å². The highest BCUT2D eigenvalue weighted by Crippen LogP contribution is 2.38. The number of hydrogen-bond donors (Lipinski definition) is 1. The minimum atomic E-state index is -0.586. The van der Waals surface area contributed by atoms with Crippen molar-refractivity contribution in [1.82, 2.24) is 0 Å². The number of rotatable bonds is 10. The molecule has 1 N–H and O–H groups in total. The fourth-order valence-corrected chi connectivity index (χ4v) is 3.28. The van der Waals surface area contributed by atoms with Gasteiger partial charge in [0.15, 0.2) is 28.8 Å². The Morgan fingerprint density at radius 1 is 0.824 bits per heavy atom. The molecule has 3 rings (SSSR count). The number of carbonyl (C=O) groups is 1. The highest BCUT2D eigenvalue weighted by Gasteiger charge is 2.12. The molecule has 3 aromatic carbocycles. The zero-order valence-corrected chi connectivity index (χ0v) is 19.4. The zero-order valence-electron chi connectivity index (χ0n) is 19.4. The van der Waals surface area contributed by atoms with Gasteiger partial charge in [-0.3, -0.25) is 4.79 Å². The SMILES string of the molecule is COc1ccc(C(=O)/C=C\Nc2ccccc2/C=C\c2cc(OC)c(OC)c(OC)c2)cc1F. The van der Waals surface area contributed by atoms with E-state index in [1.165, 1.54) is 31.5 Å². The molecule has 0 spiro atoms. The molecule has 0 fully saturated rings. The molecule has 176 valence electrons. The standard InChI is InChI=1S/C27H26FNO5/c1-31-24-12-11-20(17-21(24)28)23(30)13-14-29-22-8-6-5-7-19(22)10-9-18-15-25(32-2)27(34-4)26(16-18)33-3/h5-17,29H,1-4H3/b10-9-,14-13-. The van der Waals surface area contributed by atoms with Gasteiger partial charge < -0.3 is 24.3 Å². The molecule has 0 saturated carbocycles. The van der Waals surface area contributed by atoms with Crippen molar-refractivity contribution in [3.63, 3.8) is 0 Å². The molecular formula is C27H26FNO5. The van der Waals surface area contributed by atoms with Gasteiger partial charge in [-0.2, -0.15) is 0 Å². The van der Waals surface area contributed by atoms with E-state index in [0.29, 0.717) is 17.2 Å². The van der Waals surface area contributed by atoms with Crippen molar-refractivity contribution in [3.05, 3.63) is 89.4 Å². The predicted octanol–water partition coefficient (Wildman–Crippen LogP) is 5.84. The molecule has 0 unspecified atom stereocenters. The molecular weight excluding hydrogens is 437 g/mol. The summed E-state index contributed by atoms with van der Waals surface area (Å²) in [7, 11) is 6.06. The quantitative estimate of drug-likeness (QED) is 0.232. The summed E-state index contributed by atoms with van der Waals surface area (Å²) < 4.78 is 34.9. The van der Waals surface area contributed by atoms with E-state index in [-0.39, 0.29) is 17.1 Å². The van der Waals surface area contributed by atoms with E-state index >= 15 is 0 Å². The summed E-state index contributed by atoms with van der Waals surface area (Å²) in [6.07, 6.45) is 6.72. The van der Waals surface area contributed by atoms with Crippen LogP contribution < -0.4 is 24.3 Å². The van der Waals surface area contributed by atoms with E-state index in [9.17, 15) is 9.18 Å². The molecule has 34 heavy (non-hydrogen) atoms. The van der Waals surface area contributed by atoms with Crippen molar-refractivity contribution in [2.75, 3.05) is 33.8 Å². The van der Waals surface area contributed by atoms with Crippen LogP contribution in [-0.2, 0) is 0 Å². The van der Waals surface area contributed by atoms with Gasteiger partial charge in [-0.25, -0.2) is 4.39 Å². The minimum Gasteiger partial charge on any atom is -0.494 e. The molecule has 0 saturated heterocycles. The number of anilines is 1. The van der Waals surface area contributed by atoms with E-state index in [0.717, 1.165) is 22.9 Å². The normalized spacial score (nSPS) is 11.0. The van der Waals surface area contributed by atoms with Gasteiger partial charge in [0.25, 0.3) is 0 Å². The zero-order chi connectivity index (χ0) is 24.5. The highest BCUT2D eigenvalue weighted by atomic mass is 19.1. The summed E-state index contributed by atoms with van der Waals surface area (Å²) >= 11 is 0. The van der Waals surface area contributed by atoms with Crippen molar-refractivity contribution in [3.8, 4) is 23.0 Å². The highest BCUT2D eigenvalue weighted by molar-refractivity contribution is 6.04. The molecule has 0 aliphatic rings. The van der Waals surface area contributed by atoms with Crippen LogP contribution in [0.5, 0.6) is 23.0 Å². The van der Waals surface area contributed by atoms with E-state index in [1.54, 1.807) is 21.3 Å². The van der Waals surface area contributed by atoms with Gasteiger partial charge in [0, 0.05) is 23.5 Å². The Hall–Kier alpha value is -4.26. The van der Waals surface area contributed by atoms with Gasteiger partial charge >= 0.3 is 0 Å². The monoisotopic (exact) mass is 463 g/mol. The molecule has 0 aromatic heterocycles. The number of allylic oxidation sites excluding steroid dienone is 1. The van der Waals surface area contributed by atoms with Crippen LogP contribution in [0.1, 0.15) is 21.5 Å². The number of carbonyl (C=O) groups excluding carboxylic acids is 1. The number of hydrogen-bond acceptors (Lipinski definition) is 6. The molecule has 6 nitrogen and oxygen atoms in total. The molecule has 0 heterocycles. The summed E-state index contributed by atoms with van der Waals surface area (Å²) in [5.74, 6) is 0.812. The van der Waals surface area contributed by atoms with Crippen LogP contribution in [0.3, 0.4) is 0 Å². The molecule has 0 radical (unpaired) electrons. The lowest BCUT2D eigenvalue weighted by Gasteiger charge is -2.13. The number of nitrogens with one attached hydrogen (secondary N) is 1. The molecule has 0 amide bonds. The lowest BCUT2D eigenvalue weighted by Crippen LogP contribution is -1.99. The van der Waals surface area contributed by atoms with Crippen molar-refractivity contribution in [1.29, 1.82) is 0 Å². The topological polar surface area (TPSA) is 66.0 Å². The van der Waals surface area contributed by atoms with Crippen LogP contribution in [0.25, 0.3) is 12.2 Å². The average Bonchev–Trinajstić information content (AvgIpc) is 2.87. The molecule has 0 aliphatic carbocycles. The lowest BCUT2D eigenvalue weighted by molar-refractivity contribution is 0.104. The lowest BCUT2D eigenvalue weighted by atomic mass is 10.1. The maximum atomic E-state index is 13.9. The van der Waals surface area contributed by atoms with E-state index in [2.05, 4.69) is 5.32 Å². The molecule has 0 bridgehead atoms. The third-order valence-electron chi connectivity index (χ3n) is 5.01. The fourth-order valence-electron chi connectivity index (χ4n) is 3.28. The van der Waals surface area contributed by atoms with E-state index < -0.39 is 5.82 Å². The smallest absolute Gasteiger partial charge is 0.203 e. The summed E-state index contributed by atoms with van der Waals surface area (Å²) in [6, 6.07) is 15.4. The van der Waals surface area contributed by atoms with Crippen molar-refractivity contribution in [2.24, 2.45) is 0 Å². The Morgan fingerprint density at radius 3 is 2.12 bits per heavy atom. The average molecular weight is 464 g/mol. The van der Waals surface area contributed by atoms with Crippen molar-refractivity contribution >= 4 is 23.6 Å². The van der Waals surface area contributed by atoms with Gasteiger partial charge in [0.1, 0.15) is 0 Å². The Labute approximate surface area is 198 Å². The maximum Gasteiger partial charge on any atom is 0.203 e. The van der Waals surface area contributed by atoms with E-state index in [4.69, 9.17) is 18.9 Å². The Morgan fingerprint density at radius 2 is 1.50 bits per heavy atom. The first-order valence-electron chi connectivity index (χ1n) is 10.4. The molecule has 7 heteroatoms. The Kier molecular flexibility index (Phi) is 8.29.